The van der Waals surface area contributed by atoms with Gasteiger partial charge in [-0.15, -0.1) is 0 Å². The highest BCUT2D eigenvalue weighted by molar-refractivity contribution is 5.76. The van der Waals surface area contributed by atoms with Gasteiger partial charge >= 0.3 is 0 Å². The average Bonchev–Trinajstić information content (AvgIpc) is 2.82. The molecule has 1 saturated heterocycles. The zero-order chi connectivity index (χ0) is 22.2. The molecular weight excluding hydrogens is 411 g/mol. The molecule has 0 spiro atoms. The molecule has 0 amide bonds. The van der Waals surface area contributed by atoms with Crippen LogP contribution in [0.15, 0.2) is 66.9 Å². The predicted octanol–water partition coefficient (Wildman–Crippen LogP) is 5.73. The van der Waals surface area contributed by atoms with Crippen LogP contribution in [0.4, 0.5) is 30.2 Å². The quantitative estimate of drug-likeness (QED) is 0.487. The van der Waals surface area contributed by atoms with Gasteiger partial charge in [-0.05, 0) is 78.7 Å². The van der Waals surface area contributed by atoms with E-state index in [0.717, 1.165) is 55.2 Å². The molecule has 2 heterocycles. The zero-order valence-electron chi connectivity index (χ0n) is 17.9. The van der Waals surface area contributed by atoms with Crippen LogP contribution in [0, 0.1) is 17.5 Å². The largest absolute Gasteiger partial charge is 0.369 e. The Morgan fingerprint density at radius 3 is 2.06 bits per heavy atom. The number of anilines is 3. The number of rotatable bonds is 3. The van der Waals surface area contributed by atoms with Crippen LogP contribution >= 0.6 is 0 Å². The van der Waals surface area contributed by atoms with Gasteiger partial charge in [-0.25, -0.2) is 13.2 Å². The molecule has 164 valence electrons. The van der Waals surface area contributed by atoms with Crippen molar-refractivity contribution in [2.75, 3.05) is 43.0 Å². The van der Waals surface area contributed by atoms with Crippen molar-refractivity contribution in [3.05, 3.63) is 89.9 Å². The summed E-state index contributed by atoms with van der Waals surface area (Å²) < 4.78 is 40.7. The van der Waals surface area contributed by atoms with Gasteiger partial charge in [0.15, 0.2) is 17.5 Å². The van der Waals surface area contributed by atoms with Crippen molar-refractivity contribution in [3.8, 4) is 11.1 Å². The molecule has 0 aliphatic carbocycles. The van der Waals surface area contributed by atoms with Crippen LogP contribution in [0.5, 0.6) is 0 Å². The second kappa shape index (κ2) is 8.36. The molecule has 0 bridgehead atoms. The van der Waals surface area contributed by atoms with Gasteiger partial charge in [-0.3, -0.25) is 0 Å². The van der Waals surface area contributed by atoms with Crippen molar-refractivity contribution in [1.29, 1.82) is 0 Å². The van der Waals surface area contributed by atoms with Crippen LogP contribution in [0.25, 0.3) is 11.1 Å². The fraction of sp³-hybridized carbons (Fsp3) is 0.231. The molecule has 0 radical (unpaired) electrons. The summed E-state index contributed by atoms with van der Waals surface area (Å²) in [6, 6.07) is 16.3. The van der Waals surface area contributed by atoms with Gasteiger partial charge in [-0.1, -0.05) is 12.1 Å². The van der Waals surface area contributed by atoms with Crippen LogP contribution in [0.2, 0.25) is 0 Å². The molecule has 0 aromatic heterocycles. The summed E-state index contributed by atoms with van der Waals surface area (Å²) in [5, 5.41) is 0. The van der Waals surface area contributed by atoms with Crippen molar-refractivity contribution in [3.63, 3.8) is 0 Å². The summed E-state index contributed by atoms with van der Waals surface area (Å²) in [5.41, 5.74) is 5.31. The first kappa shape index (κ1) is 20.6. The Morgan fingerprint density at radius 2 is 1.38 bits per heavy atom. The number of halogens is 3. The van der Waals surface area contributed by atoms with Gasteiger partial charge in [0.25, 0.3) is 0 Å². The Morgan fingerprint density at radius 1 is 0.719 bits per heavy atom. The van der Waals surface area contributed by atoms with Gasteiger partial charge in [0, 0.05) is 49.4 Å². The first-order chi connectivity index (χ1) is 15.5. The molecule has 2 aliphatic heterocycles. The van der Waals surface area contributed by atoms with Crippen molar-refractivity contribution in [2.24, 2.45) is 0 Å². The van der Waals surface area contributed by atoms with Crippen LogP contribution in [-0.4, -0.2) is 38.1 Å². The highest BCUT2D eigenvalue weighted by Crippen LogP contribution is 2.36. The third kappa shape index (κ3) is 3.86. The van der Waals surface area contributed by atoms with E-state index in [1.807, 2.05) is 24.4 Å². The van der Waals surface area contributed by atoms with Crippen LogP contribution < -0.4 is 9.80 Å². The monoisotopic (exact) mass is 435 g/mol. The van der Waals surface area contributed by atoms with E-state index in [0.29, 0.717) is 17.5 Å². The maximum Gasteiger partial charge on any atom is 0.194 e. The molecule has 3 aromatic carbocycles. The first-order valence-corrected chi connectivity index (χ1v) is 10.8. The summed E-state index contributed by atoms with van der Waals surface area (Å²) in [6.07, 6.45) is 4.82. The smallest absolute Gasteiger partial charge is 0.194 e. The van der Waals surface area contributed by atoms with E-state index in [1.54, 1.807) is 0 Å². The number of hydrogen-bond acceptors (Lipinski definition) is 3. The van der Waals surface area contributed by atoms with Gasteiger partial charge in [0.05, 0.1) is 0 Å². The maximum atomic E-state index is 13.7. The van der Waals surface area contributed by atoms with Crippen LogP contribution in [0.3, 0.4) is 0 Å². The minimum Gasteiger partial charge on any atom is -0.369 e. The second-order valence-corrected chi connectivity index (χ2v) is 8.36. The van der Waals surface area contributed by atoms with Crippen molar-refractivity contribution < 1.29 is 13.2 Å². The van der Waals surface area contributed by atoms with E-state index in [4.69, 9.17) is 0 Å². The fourth-order valence-electron chi connectivity index (χ4n) is 4.37. The third-order valence-corrected chi connectivity index (χ3v) is 6.24. The van der Waals surface area contributed by atoms with Crippen molar-refractivity contribution in [1.82, 2.24) is 4.90 Å². The standard InChI is InChI=1S/C26H24F3N3/c1-30-11-13-31(14-12-30)21-5-7-22(8-6-21)32-10-2-3-19-15-18(4-9-25(19)32)20-16-23(27)26(29)24(28)17-20/h2,4-10,15-17H,3,11-14H2,1H3. The number of hydrogen-bond donors (Lipinski definition) is 0. The van der Waals surface area contributed by atoms with E-state index >= 15 is 0 Å². The van der Waals surface area contributed by atoms with E-state index < -0.39 is 17.5 Å². The number of nitrogens with zero attached hydrogens (tertiary/aromatic N) is 3. The van der Waals surface area contributed by atoms with E-state index in [2.05, 4.69) is 52.1 Å². The molecule has 0 N–H and O–H groups in total. The molecule has 0 saturated carbocycles. The van der Waals surface area contributed by atoms with Crippen LogP contribution in [-0.2, 0) is 6.42 Å². The van der Waals surface area contributed by atoms with Gasteiger partial charge in [0.1, 0.15) is 0 Å². The first-order valence-electron chi connectivity index (χ1n) is 10.8. The van der Waals surface area contributed by atoms with Gasteiger partial charge in [-0.2, -0.15) is 0 Å². The molecule has 32 heavy (non-hydrogen) atoms. The summed E-state index contributed by atoms with van der Waals surface area (Å²) in [7, 11) is 2.15. The number of piperazine rings is 1. The normalized spacial score (nSPS) is 16.4. The van der Waals surface area contributed by atoms with Crippen molar-refractivity contribution in [2.45, 2.75) is 6.42 Å². The summed E-state index contributed by atoms with van der Waals surface area (Å²) in [5.74, 6) is -3.81. The van der Waals surface area contributed by atoms with Crippen molar-refractivity contribution >= 4 is 17.1 Å². The van der Waals surface area contributed by atoms with Gasteiger partial charge in [0.2, 0.25) is 0 Å². The minimum absolute atomic E-state index is 0.321. The maximum absolute atomic E-state index is 13.7. The topological polar surface area (TPSA) is 9.72 Å². The lowest BCUT2D eigenvalue weighted by atomic mass is 9.97. The lowest BCUT2D eigenvalue weighted by molar-refractivity contribution is 0.313. The van der Waals surface area contributed by atoms with E-state index in [1.165, 1.54) is 5.69 Å². The average molecular weight is 435 g/mol. The highest BCUT2D eigenvalue weighted by atomic mass is 19.2. The molecular formula is C26H24F3N3. The van der Waals surface area contributed by atoms with Crippen LogP contribution in [0.1, 0.15) is 5.56 Å². The summed E-state index contributed by atoms with van der Waals surface area (Å²) >= 11 is 0. The Hall–Kier alpha value is -3.25. The third-order valence-electron chi connectivity index (χ3n) is 6.24. The Labute approximate surface area is 186 Å². The fourth-order valence-corrected chi connectivity index (χ4v) is 4.37. The molecule has 6 heteroatoms. The zero-order valence-corrected chi connectivity index (χ0v) is 17.9. The lowest BCUT2D eigenvalue weighted by Crippen LogP contribution is -2.44. The lowest BCUT2D eigenvalue weighted by Gasteiger charge is -2.34. The summed E-state index contributed by atoms with van der Waals surface area (Å²) in [6.45, 7) is 4.17. The number of benzene rings is 3. The molecule has 0 unspecified atom stereocenters. The number of likely N-dealkylation sites (N-methyl/N-ethyl adjacent to an activating group) is 1. The van der Waals surface area contributed by atoms with E-state index in [9.17, 15) is 13.2 Å². The molecule has 0 atom stereocenters. The SMILES string of the molecule is CN1CCN(c2ccc(N3C=CCc4cc(-c5cc(F)c(F)c(F)c5)ccc43)cc2)CC1. The Bertz CT molecular complexity index is 1140. The second-order valence-electron chi connectivity index (χ2n) is 8.36. The molecule has 2 aliphatic rings. The van der Waals surface area contributed by atoms with Gasteiger partial charge < -0.3 is 14.7 Å². The Kier molecular flexibility index (Phi) is 5.39. The summed E-state index contributed by atoms with van der Waals surface area (Å²) in [4.78, 5) is 6.85. The molecule has 3 nitrogen and oxygen atoms in total. The molecule has 1 fully saturated rings. The predicted molar refractivity (Wildman–Crippen MR) is 123 cm³/mol. The minimum atomic E-state index is -1.44. The Balaban J connectivity index is 1.41. The highest BCUT2D eigenvalue weighted by Gasteiger charge is 2.18. The molecule has 5 rings (SSSR count). The number of allylic oxidation sites excluding steroid dienone is 1. The molecule has 3 aromatic rings. The number of fused-ring (bicyclic) bond motifs is 1. The van der Waals surface area contributed by atoms with E-state index in [-0.39, 0.29) is 0 Å².